The Morgan fingerprint density at radius 2 is 2.50 bits per heavy atom. The number of hydrogen-bond acceptors (Lipinski definition) is 5. The van der Waals surface area contributed by atoms with Crippen molar-refractivity contribution in [1.29, 1.82) is 0 Å². The molecule has 0 amide bonds. The van der Waals surface area contributed by atoms with Gasteiger partial charge in [-0.25, -0.2) is 4.68 Å². The molecule has 1 aromatic heterocycles. The van der Waals surface area contributed by atoms with Crippen molar-refractivity contribution in [3.8, 4) is 0 Å². The minimum absolute atomic E-state index is 0.126. The lowest BCUT2D eigenvalue weighted by Gasteiger charge is -2.22. The molecule has 6 heteroatoms. The molecule has 2 heterocycles. The van der Waals surface area contributed by atoms with Gasteiger partial charge in [-0.15, -0.1) is 5.10 Å². The van der Waals surface area contributed by atoms with Crippen LogP contribution in [0.25, 0.3) is 0 Å². The Bertz CT molecular complexity index is 304. The van der Waals surface area contributed by atoms with Crippen molar-refractivity contribution < 1.29 is 4.74 Å². The van der Waals surface area contributed by atoms with Crippen LogP contribution in [0.2, 0.25) is 0 Å². The van der Waals surface area contributed by atoms with Crippen LogP contribution in [0.1, 0.15) is 25.6 Å². The summed E-state index contributed by atoms with van der Waals surface area (Å²) in [5.41, 5.74) is 5.38. The lowest BCUT2D eigenvalue weighted by molar-refractivity contribution is 0.00252. The number of tetrazole rings is 1. The number of rotatable bonds is 3. The van der Waals surface area contributed by atoms with Crippen LogP contribution in [0, 0.1) is 0 Å². The van der Waals surface area contributed by atoms with Crippen LogP contribution in [0.3, 0.4) is 0 Å². The van der Waals surface area contributed by atoms with Crippen molar-refractivity contribution in [3.63, 3.8) is 0 Å². The van der Waals surface area contributed by atoms with Gasteiger partial charge in [0.25, 0.3) is 0 Å². The Hall–Kier alpha value is -1.01. The van der Waals surface area contributed by atoms with Gasteiger partial charge < -0.3 is 10.5 Å². The number of hydrogen-bond donors (Lipinski definition) is 1. The molecule has 0 aliphatic carbocycles. The first-order valence-corrected chi connectivity index (χ1v) is 4.83. The molecule has 0 bridgehead atoms. The fourth-order valence-electron chi connectivity index (χ4n) is 1.77. The van der Waals surface area contributed by atoms with Gasteiger partial charge in [0.15, 0.2) is 5.82 Å². The molecule has 1 aromatic rings. The fourth-order valence-corrected chi connectivity index (χ4v) is 1.77. The molecule has 1 atom stereocenters. The van der Waals surface area contributed by atoms with E-state index in [-0.39, 0.29) is 5.60 Å². The van der Waals surface area contributed by atoms with Crippen molar-refractivity contribution in [3.05, 3.63) is 5.82 Å². The molecule has 1 aliphatic heterocycles. The molecular formula is C8H15N5O. The summed E-state index contributed by atoms with van der Waals surface area (Å²) in [5.74, 6) is 0.710. The van der Waals surface area contributed by atoms with Gasteiger partial charge in [0, 0.05) is 6.61 Å². The minimum atomic E-state index is -0.126. The molecule has 0 saturated carbocycles. The van der Waals surface area contributed by atoms with E-state index in [0.29, 0.717) is 18.9 Å². The van der Waals surface area contributed by atoms with Gasteiger partial charge >= 0.3 is 0 Å². The van der Waals surface area contributed by atoms with Crippen molar-refractivity contribution in [2.45, 2.75) is 38.5 Å². The maximum Gasteiger partial charge on any atom is 0.164 e. The fraction of sp³-hybridized carbons (Fsp3) is 0.875. The van der Waals surface area contributed by atoms with Gasteiger partial charge in [0.1, 0.15) is 0 Å². The van der Waals surface area contributed by atoms with E-state index >= 15 is 0 Å². The highest BCUT2D eigenvalue weighted by Gasteiger charge is 2.31. The van der Waals surface area contributed by atoms with Crippen LogP contribution >= 0.6 is 0 Å². The summed E-state index contributed by atoms with van der Waals surface area (Å²) in [6.07, 6.45) is 2.16. The Morgan fingerprint density at radius 1 is 1.64 bits per heavy atom. The van der Waals surface area contributed by atoms with Gasteiger partial charge in [-0.05, 0) is 30.2 Å². The molecule has 2 rings (SSSR count). The van der Waals surface area contributed by atoms with Gasteiger partial charge in [0.05, 0.1) is 18.7 Å². The zero-order chi connectivity index (χ0) is 10.0. The second kappa shape index (κ2) is 3.62. The zero-order valence-electron chi connectivity index (χ0n) is 8.31. The second-order valence-electron chi connectivity index (χ2n) is 3.86. The molecule has 78 valence electrons. The molecule has 1 saturated heterocycles. The van der Waals surface area contributed by atoms with E-state index in [2.05, 4.69) is 22.4 Å². The topological polar surface area (TPSA) is 78.9 Å². The Balaban J connectivity index is 2.09. The molecule has 0 aromatic carbocycles. The van der Waals surface area contributed by atoms with Crippen molar-refractivity contribution >= 4 is 0 Å². The van der Waals surface area contributed by atoms with Gasteiger partial charge in [-0.2, -0.15) is 0 Å². The molecule has 0 spiro atoms. The van der Waals surface area contributed by atoms with Crippen molar-refractivity contribution in [1.82, 2.24) is 20.2 Å². The Kier molecular flexibility index (Phi) is 2.47. The predicted octanol–water partition coefficient (Wildman–Crippen LogP) is -0.299. The normalized spacial score (nSPS) is 27.0. The summed E-state index contributed by atoms with van der Waals surface area (Å²) in [6, 6.07) is 0. The number of aromatic nitrogens is 4. The van der Waals surface area contributed by atoms with E-state index in [0.717, 1.165) is 19.4 Å². The van der Waals surface area contributed by atoms with E-state index in [4.69, 9.17) is 10.5 Å². The standard InChI is InChI=1S/C8H15N5O/c1-8(3-2-4-14-8)6-13-7(5-9)10-11-12-13/h2-6,9H2,1H3. The predicted molar refractivity (Wildman–Crippen MR) is 49.3 cm³/mol. The van der Waals surface area contributed by atoms with Gasteiger partial charge in [0.2, 0.25) is 0 Å². The van der Waals surface area contributed by atoms with Gasteiger partial charge in [-0.3, -0.25) is 0 Å². The lowest BCUT2D eigenvalue weighted by Crippen LogP contribution is -2.31. The van der Waals surface area contributed by atoms with Crippen LogP contribution in [-0.4, -0.2) is 32.4 Å². The second-order valence-corrected chi connectivity index (χ2v) is 3.86. The smallest absolute Gasteiger partial charge is 0.164 e. The first-order valence-electron chi connectivity index (χ1n) is 4.83. The van der Waals surface area contributed by atoms with E-state index < -0.39 is 0 Å². The summed E-state index contributed by atoms with van der Waals surface area (Å²) in [7, 11) is 0. The van der Waals surface area contributed by atoms with Crippen LogP contribution in [0.5, 0.6) is 0 Å². The SMILES string of the molecule is CC1(Cn2nnnc2CN)CCCO1. The summed E-state index contributed by atoms with van der Waals surface area (Å²) in [4.78, 5) is 0. The van der Waals surface area contributed by atoms with E-state index in [1.54, 1.807) is 4.68 Å². The summed E-state index contributed by atoms with van der Waals surface area (Å²) in [5, 5.41) is 11.3. The third-order valence-electron chi connectivity index (χ3n) is 2.57. The summed E-state index contributed by atoms with van der Waals surface area (Å²) < 4.78 is 7.38. The molecule has 2 N–H and O–H groups in total. The highest BCUT2D eigenvalue weighted by atomic mass is 16.5. The summed E-state index contributed by atoms with van der Waals surface area (Å²) >= 11 is 0. The average molecular weight is 197 g/mol. The molecular weight excluding hydrogens is 182 g/mol. The highest BCUT2D eigenvalue weighted by molar-refractivity contribution is 4.85. The molecule has 14 heavy (non-hydrogen) atoms. The number of ether oxygens (including phenoxy) is 1. The zero-order valence-corrected chi connectivity index (χ0v) is 8.31. The molecule has 1 fully saturated rings. The Morgan fingerprint density at radius 3 is 3.14 bits per heavy atom. The monoisotopic (exact) mass is 197 g/mol. The summed E-state index contributed by atoms with van der Waals surface area (Å²) in [6.45, 7) is 3.97. The molecule has 6 nitrogen and oxygen atoms in total. The average Bonchev–Trinajstić information content (AvgIpc) is 2.75. The Labute approximate surface area is 82.4 Å². The minimum Gasteiger partial charge on any atom is -0.373 e. The van der Waals surface area contributed by atoms with Crippen LogP contribution in [0.4, 0.5) is 0 Å². The first-order chi connectivity index (χ1) is 6.73. The van der Waals surface area contributed by atoms with Gasteiger partial charge in [-0.1, -0.05) is 0 Å². The van der Waals surface area contributed by atoms with Crippen molar-refractivity contribution in [2.75, 3.05) is 6.61 Å². The van der Waals surface area contributed by atoms with E-state index in [9.17, 15) is 0 Å². The van der Waals surface area contributed by atoms with Crippen LogP contribution < -0.4 is 5.73 Å². The first kappa shape index (κ1) is 9.54. The van der Waals surface area contributed by atoms with E-state index in [1.807, 2.05) is 0 Å². The molecule has 1 aliphatic rings. The quantitative estimate of drug-likeness (QED) is 0.719. The maximum atomic E-state index is 5.66. The molecule has 1 unspecified atom stereocenters. The van der Waals surface area contributed by atoms with Crippen molar-refractivity contribution in [2.24, 2.45) is 5.73 Å². The number of nitrogens with zero attached hydrogens (tertiary/aromatic N) is 4. The maximum absolute atomic E-state index is 5.66. The van der Waals surface area contributed by atoms with Crippen LogP contribution in [-0.2, 0) is 17.8 Å². The van der Waals surface area contributed by atoms with E-state index in [1.165, 1.54) is 0 Å². The van der Waals surface area contributed by atoms with Crippen LogP contribution in [0.15, 0.2) is 0 Å². The molecule has 0 radical (unpaired) electrons. The third kappa shape index (κ3) is 1.76. The third-order valence-corrected chi connectivity index (χ3v) is 2.57. The largest absolute Gasteiger partial charge is 0.373 e. The number of nitrogens with two attached hydrogens (primary N) is 1. The lowest BCUT2D eigenvalue weighted by atomic mass is 10.0. The highest BCUT2D eigenvalue weighted by Crippen LogP contribution is 2.26.